The van der Waals surface area contributed by atoms with Crippen LogP contribution in [0.1, 0.15) is 24.8 Å². The molecule has 0 aromatic heterocycles. The van der Waals surface area contributed by atoms with Crippen LogP contribution in [0.15, 0.2) is 60.7 Å². The van der Waals surface area contributed by atoms with Gasteiger partial charge in [0, 0.05) is 6.42 Å². The number of hydrogen-bond donors (Lipinski definition) is 6. The molecule has 2 aromatic carbocycles. The van der Waals surface area contributed by atoms with Gasteiger partial charge in [-0.05, 0) is 43.5 Å². The summed E-state index contributed by atoms with van der Waals surface area (Å²) in [5.41, 5.74) is 18.9. The Balaban J connectivity index is 1.73. The number of epoxide rings is 1. The van der Waals surface area contributed by atoms with E-state index in [1.54, 1.807) is 54.6 Å². The molecule has 1 unspecified atom stereocenters. The summed E-state index contributed by atoms with van der Waals surface area (Å²) in [6.07, 6.45) is -3.45. The van der Waals surface area contributed by atoms with Gasteiger partial charge in [0.1, 0.15) is 6.04 Å². The Labute approximate surface area is 219 Å². The summed E-state index contributed by atoms with van der Waals surface area (Å²) >= 11 is 0. The maximum Gasteiger partial charge on any atom is 0.327 e. The van der Waals surface area contributed by atoms with Crippen LogP contribution >= 0.6 is 0 Å². The molecule has 12 nitrogen and oxygen atoms in total. The number of unbranched alkanes of at least 4 members (excludes halogenated alkanes) is 1. The molecule has 1 aliphatic rings. The van der Waals surface area contributed by atoms with Crippen LogP contribution in [0.5, 0.6) is 0 Å². The van der Waals surface area contributed by atoms with E-state index in [0.717, 1.165) is 5.56 Å². The first-order valence-corrected chi connectivity index (χ1v) is 12.2. The summed E-state index contributed by atoms with van der Waals surface area (Å²) < 4.78 is 5.32. The van der Waals surface area contributed by atoms with Gasteiger partial charge in [0.25, 0.3) is 5.91 Å². The van der Waals surface area contributed by atoms with Crippen molar-refractivity contribution >= 4 is 29.3 Å². The van der Waals surface area contributed by atoms with Crippen LogP contribution in [0.25, 0.3) is 0 Å². The summed E-state index contributed by atoms with van der Waals surface area (Å²) in [6.45, 7) is 0.315. The monoisotopic (exact) mass is 527 g/mol. The zero-order valence-electron chi connectivity index (χ0n) is 20.7. The predicted octanol–water partition coefficient (Wildman–Crippen LogP) is -0.141. The van der Waals surface area contributed by atoms with Gasteiger partial charge in [-0.15, -0.1) is 0 Å². The van der Waals surface area contributed by atoms with Crippen LogP contribution < -0.4 is 28.0 Å². The number of carbonyl (C=O) groups is 4. The lowest BCUT2D eigenvalue weighted by Gasteiger charge is -2.32. The maximum atomic E-state index is 13.4. The number of hydrogen-bond acceptors (Lipinski definition) is 9. The van der Waals surface area contributed by atoms with Crippen molar-refractivity contribution in [1.29, 1.82) is 0 Å². The molecule has 5 atom stereocenters. The number of nitrogens with one attached hydrogen (secondary N) is 2. The molecule has 0 radical (unpaired) electrons. The Bertz CT molecular complexity index is 1120. The average Bonchev–Trinajstić information content (AvgIpc) is 3.71. The van der Waals surface area contributed by atoms with Crippen molar-refractivity contribution in [3.63, 3.8) is 0 Å². The minimum atomic E-state index is -2.13. The zero-order chi connectivity index (χ0) is 27.7. The lowest BCUT2D eigenvalue weighted by Crippen LogP contribution is -2.62. The number of rotatable bonds is 16. The summed E-state index contributed by atoms with van der Waals surface area (Å²) in [7, 11) is 0. The van der Waals surface area contributed by atoms with Crippen molar-refractivity contribution < 1.29 is 33.9 Å². The number of ether oxygens (including phenoxy) is 1. The van der Waals surface area contributed by atoms with Gasteiger partial charge in [-0.3, -0.25) is 29.5 Å². The fourth-order valence-electron chi connectivity index (χ4n) is 3.97. The highest BCUT2D eigenvalue weighted by Gasteiger charge is 2.58. The van der Waals surface area contributed by atoms with Gasteiger partial charge in [0.05, 0.1) is 5.69 Å². The van der Waals surface area contributed by atoms with Crippen molar-refractivity contribution in [3.8, 4) is 0 Å². The third-order valence-corrected chi connectivity index (χ3v) is 6.21. The highest BCUT2D eigenvalue weighted by molar-refractivity contribution is 6.02. The van der Waals surface area contributed by atoms with E-state index < -0.39 is 53.5 Å². The van der Waals surface area contributed by atoms with Crippen LogP contribution in [0.4, 0.5) is 5.69 Å². The molecule has 9 N–H and O–H groups in total. The Hall–Kier alpha value is -3.84. The molecule has 0 bridgehead atoms. The number of ketones is 1. The molecule has 0 saturated carbocycles. The lowest BCUT2D eigenvalue weighted by atomic mass is 9.84. The zero-order valence-corrected chi connectivity index (χ0v) is 20.7. The number of anilines is 1. The lowest BCUT2D eigenvalue weighted by molar-refractivity contribution is -0.155. The second kappa shape index (κ2) is 13.1. The Kier molecular flexibility index (Phi) is 9.91. The largest absolute Gasteiger partial charge is 0.480 e. The minimum absolute atomic E-state index is 0.114. The summed E-state index contributed by atoms with van der Waals surface area (Å²) in [5, 5.41) is 12.5. The van der Waals surface area contributed by atoms with Crippen LogP contribution in [0.2, 0.25) is 0 Å². The number of Topliss-reactive ketones (excluding diaryl/α,β-unsaturated/α-hetero) is 1. The molecule has 0 aliphatic carbocycles. The number of aliphatic carboxylic acids is 1. The van der Waals surface area contributed by atoms with Crippen LogP contribution in [0, 0.1) is 0 Å². The van der Waals surface area contributed by atoms with Crippen molar-refractivity contribution in [3.05, 3.63) is 66.2 Å². The van der Waals surface area contributed by atoms with Gasteiger partial charge >= 0.3 is 5.97 Å². The van der Waals surface area contributed by atoms with Gasteiger partial charge in [0.15, 0.2) is 29.6 Å². The third-order valence-electron chi connectivity index (χ3n) is 6.21. The molecule has 1 heterocycles. The standard InChI is InChI=1S/C26H33N5O7/c27-14-8-7-13-26(29,25(35)36)22(38-31-17-11-5-2-6-12-17)19(32)20-21(37-20)24(34)30-18(23(28)33)15-16-9-3-1-4-10-16/h1-6,9-12,18,20-22,31H,7-8,13-15,27,29H2,(H2,28,33)(H,30,34)(H,35,36)/t18-,20+,21-,22?,26-/m0/s1. The van der Waals surface area contributed by atoms with Crippen LogP contribution in [0.3, 0.4) is 0 Å². The van der Waals surface area contributed by atoms with E-state index in [-0.39, 0.29) is 12.8 Å². The molecule has 1 aliphatic heterocycles. The molecule has 2 amide bonds. The van der Waals surface area contributed by atoms with E-state index in [1.165, 1.54) is 0 Å². The molecule has 38 heavy (non-hydrogen) atoms. The second-order valence-electron chi connectivity index (χ2n) is 9.09. The van der Waals surface area contributed by atoms with E-state index in [0.29, 0.717) is 25.1 Å². The number of carboxylic acid groups (broad SMARTS) is 1. The smallest absolute Gasteiger partial charge is 0.327 e. The summed E-state index contributed by atoms with van der Waals surface area (Å²) in [6, 6.07) is 16.4. The normalized spacial score (nSPS) is 19.4. The molecular weight excluding hydrogens is 494 g/mol. The maximum absolute atomic E-state index is 13.4. The topological polar surface area (TPSA) is 212 Å². The molecule has 12 heteroatoms. The first kappa shape index (κ1) is 28.7. The summed E-state index contributed by atoms with van der Waals surface area (Å²) in [5.74, 6) is -3.78. The Morgan fingerprint density at radius 2 is 1.63 bits per heavy atom. The van der Waals surface area contributed by atoms with Gasteiger partial charge < -0.3 is 32.4 Å². The average molecular weight is 528 g/mol. The molecular formula is C26H33N5O7. The second-order valence-corrected chi connectivity index (χ2v) is 9.09. The van der Waals surface area contributed by atoms with Crippen molar-refractivity contribution in [2.24, 2.45) is 17.2 Å². The van der Waals surface area contributed by atoms with Gasteiger partial charge in [0.2, 0.25) is 5.91 Å². The van der Waals surface area contributed by atoms with E-state index in [2.05, 4.69) is 10.8 Å². The SMILES string of the molecule is NCCCC[C@@](N)(C(=O)O)C(ONc1ccccc1)C(=O)[C@H]1O[C@@H]1C(=O)N[C@@H](Cc1ccccc1)C(N)=O. The highest BCUT2D eigenvalue weighted by Crippen LogP contribution is 2.30. The Morgan fingerprint density at radius 3 is 2.21 bits per heavy atom. The fourth-order valence-corrected chi connectivity index (χ4v) is 3.97. The molecule has 0 spiro atoms. The first-order chi connectivity index (χ1) is 18.2. The number of benzene rings is 2. The van der Waals surface area contributed by atoms with Gasteiger partial charge in [-0.1, -0.05) is 48.5 Å². The number of carbonyl (C=O) groups excluding carboxylic acids is 3. The fraction of sp³-hybridized carbons (Fsp3) is 0.385. The number of nitrogens with two attached hydrogens (primary N) is 3. The number of carboxylic acids is 1. The number of primary amides is 1. The van der Waals surface area contributed by atoms with E-state index in [9.17, 15) is 24.3 Å². The van der Waals surface area contributed by atoms with Crippen LogP contribution in [-0.4, -0.2) is 65.1 Å². The van der Waals surface area contributed by atoms with Crippen molar-refractivity contribution in [1.82, 2.24) is 5.32 Å². The Morgan fingerprint density at radius 1 is 1.00 bits per heavy atom. The molecule has 1 saturated heterocycles. The predicted molar refractivity (Wildman–Crippen MR) is 137 cm³/mol. The molecule has 2 aromatic rings. The third kappa shape index (κ3) is 7.35. The first-order valence-electron chi connectivity index (χ1n) is 12.2. The van der Waals surface area contributed by atoms with Crippen LogP contribution in [-0.2, 0) is 35.2 Å². The summed E-state index contributed by atoms with van der Waals surface area (Å²) in [4.78, 5) is 55.9. The highest BCUT2D eigenvalue weighted by atomic mass is 16.7. The van der Waals surface area contributed by atoms with Gasteiger partial charge in [-0.25, -0.2) is 0 Å². The quantitative estimate of drug-likeness (QED) is 0.0965. The van der Waals surface area contributed by atoms with Crippen molar-refractivity contribution in [2.45, 2.75) is 55.6 Å². The number of para-hydroxylation sites is 1. The van der Waals surface area contributed by atoms with Gasteiger partial charge in [-0.2, -0.15) is 0 Å². The van der Waals surface area contributed by atoms with E-state index in [1.807, 2.05) is 6.07 Å². The number of amides is 2. The minimum Gasteiger partial charge on any atom is -0.480 e. The van der Waals surface area contributed by atoms with Crippen molar-refractivity contribution in [2.75, 3.05) is 12.0 Å². The molecule has 204 valence electrons. The molecule has 1 fully saturated rings. The molecule has 3 rings (SSSR count). The van der Waals surface area contributed by atoms with E-state index in [4.69, 9.17) is 26.8 Å². The van der Waals surface area contributed by atoms with E-state index >= 15 is 0 Å².